The summed E-state index contributed by atoms with van der Waals surface area (Å²) in [5, 5.41) is 0. The molecule has 0 fully saturated rings. The zero-order valence-corrected chi connectivity index (χ0v) is 7.24. The molecule has 0 amide bonds. The van der Waals surface area contributed by atoms with Gasteiger partial charge in [0.25, 0.3) is 0 Å². The van der Waals surface area contributed by atoms with Gasteiger partial charge in [0.15, 0.2) is 12.5 Å². The highest BCUT2D eigenvalue weighted by molar-refractivity contribution is 4.92. The van der Waals surface area contributed by atoms with Gasteiger partial charge in [-0.15, -0.1) is 0 Å². The maximum atomic E-state index is 4.88. The lowest BCUT2D eigenvalue weighted by Crippen LogP contribution is -1.79. The lowest BCUT2D eigenvalue weighted by molar-refractivity contribution is 0.338. The fraction of sp³-hybridized carbons (Fsp3) is 0.400. The molecule has 0 saturated carbocycles. The van der Waals surface area contributed by atoms with Crippen molar-refractivity contribution in [3.8, 4) is 0 Å². The minimum absolute atomic E-state index is 0.713. The fourth-order valence-corrected chi connectivity index (χ4v) is 0.302. The molecule has 1 nitrogen and oxygen atoms in total. The van der Waals surface area contributed by atoms with Crippen LogP contribution in [0.4, 0.5) is 0 Å². The molecule has 0 aliphatic heterocycles. The molecule has 60 valence electrons. The fourth-order valence-electron chi connectivity index (χ4n) is 0.302. The number of rotatable bonds is 4. The van der Waals surface area contributed by atoms with E-state index in [1.165, 1.54) is 0 Å². The molecule has 0 atom stereocenters. The van der Waals surface area contributed by atoms with Gasteiger partial charge in [-0.3, -0.25) is 0 Å². The lowest BCUT2D eigenvalue weighted by atomic mass is 10.3. The van der Waals surface area contributed by atoms with E-state index in [1.807, 2.05) is 13.8 Å². The number of ether oxygens (including phenoxy) is 1. The SMILES string of the molecule is [CH2]C/C(C)=[C]\O/[C]=C(/C)C[CH2]. The van der Waals surface area contributed by atoms with Gasteiger partial charge in [-0.25, -0.2) is 0 Å². The first kappa shape index (κ1) is 10.3. The van der Waals surface area contributed by atoms with Crippen molar-refractivity contribution in [1.29, 1.82) is 0 Å². The Morgan fingerprint density at radius 2 is 1.45 bits per heavy atom. The molecular formula is C10H14O. The van der Waals surface area contributed by atoms with Crippen LogP contribution in [0.3, 0.4) is 0 Å². The van der Waals surface area contributed by atoms with Crippen LogP contribution in [0.15, 0.2) is 11.1 Å². The van der Waals surface area contributed by atoms with Crippen LogP contribution in [0.2, 0.25) is 0 Å². The predicted octanol–water partition coefficient (Wildman–Crippen LogP) is 2.87. The molecule has 0 aromatic rings. The van der Waals surface area contributed by atoms with Crippen molar-refractivity contribution < 1.29 is 4.74 Å². The van der Waals surface area contributed by atoms with Crippen LogP contribution in [-0.4, -0.2) is 0 Å². The molecule has 0 heterocycles. The van der Waals surface area contributed by atoms with Gasteiger partial charge in [-0.2, -0.15) is 0 Å². The summed E-state index contributed by atoms with van der Waals surface area (Å²) in [6.45, 7) is 11.2. The third-order valence-corrected chi connectivity index (χ3v) is 1.20. The molecule has 0 bridgehead atoms. The van der Waals surface area contributed by atoms with Gasteiger partial charge in [0.05, 0.1) is 0 Å². The molecule has 4 radical (unpaired) electrons. The molecule has 0 aliphatic rings. The van der Waals surface area contributed by atoms with Gasteiger partial charge in [-0.1, -0.05) is 0 Å². The molecule has 11 heavy (non-hydrogen) atoms. The Morgan fingerprint density at radius 1 is 1.09 bits per heavy atom. The molecule has 0 aromatic carbocycles. The molecule has 0 saturated heterocycles. The second-order valence-corrected chi connectivity index (χ2v) is 2.37. The summed E-state index contributed by atoms with van der Waals surface area (Å²) < 4.78 is 4.88. The summed E-state index contributed by atoms with van der Waals surface area (Å²) in [7, 11) is 0. The summed E-state index contributed by atoms with van der Waals surface area (Å²) in [5.41, 5.74) is 1.96. The van der Waals surface area contributed by atoms with Crippen molar-refractivity contribution in [2.24, 2.45) is 0 Å². The van der Waals surface area contributed by atoms with Crippen LogP contribution in [0.1, 0.15) is 26.7 Å². The highest BCUT2D eigenvalue weighted by Crippen LogP contribution is 2.00. The Morgan fingerprint density at radius 3 is 1.73 bits per heavy atom. The van der Waals surface area contributed by atoms with Crippen LogP contribution >= 0.6 is 0 Å². The standard InChI is InChI=1S/C10H14O/c1-5-9(3)7-11-8-10(4)6-2/h1-2,5-6H2,3-4H3. The number of hydrogen-bond acceptors (Lipinski definition) is 1. The third-order valence-electron chi connectivity index (χ3n) is 1.20. The van der Waals surface area contributed by atoms with Gasteiger partial charge < -0.3 is 4.74 Å². The van der Waals surface area contributed by atoms with E-state index < -0.39 is 0 Å². The number of allylic oxidation sites excluding steroid dienone is 2. The van der Waals surface area contributed by atoms with E-state index in [1.54, 1.807) is 0 Å². The van der Waals surface area contributed by atoms with Crippen molar-refractivity contribution in [2.45, 2.75) is 26.7 Å². The zero-order valence-electron chi connectivity index (χ0n) is 7.24. The molecule has 1 heteroatoms. The van der Waals surface area contributed by atoms with Crippen molar-refractivity contribution in [1.82, 2.24) is 0 Å². The summed E-state index contributed by atoms with van der Waals surface area (Å²) in [4.78, 5) is 0. The molecule has 0 aromatic heterocycles. The summed E-state index contributed by atoms with van der Waals surface area (Å²) in [5.74, 6) is 0. The molecule has 0 aliphatic carbocycles. The van der Waals surface area contributed by atoms with E-state index in [2.05, 4.69) is 26.4 Å². The third kappa shape index (κ3) is 5.71. The Bertz CT molecular complexity index is 136. The smallest absolute Gasteiger partial charge is 0.169 e. The first-order valence-corrected chi connectivity index (χ1v) is 3.62. The Labute approximate surface area is 69.8 Å². The highest BCUT2D eigenvalue weighted by Gasteiger charge is 1.86. The van der Waals surface area contributed by atoms with Crippen LogP contribution in [0.25, 0.3) is 0 Å². The minimum Gasteiger partial charge on any atom is -0.450 e. The molecular weight excluding hydrogens is 136 g/mol. The van der Waals surface area contributed by atoms with Gasteiger partial charge in [0, 0.05) is 0 Å². The maximum absolute atomic E-state index is 4.88. The molecule has 0 spiro atoms. The maximum Gasteiger partial charge on any atom is 0.169 e. The van der Waals surface area contributed by atoms with Gasteiger partial charge in [-0.05, 0) is 51.7 Å². The van der Waals surface area contributed by atoms with Crippen LogP contribution in [-0.2, 0) is 4.74 Å². The Balaban J connectivity index is 3.71. The largest absolute Gasteiger partial charge is 0.450 e. The van der Waals surface area contributed by atoms with Crippen LogP contribution in [0, 0.1) is 26.4 Å². The van der Waals surface area contributed by atoms with Crippen LogP contribution in [0.5, 0.6) is 0 Å². The lowest BCUT2D eigenvalue weighted by Gasteiger charge is -1.94. The van der Waals surface area contributed by atoms with E-state index in [4.69, 9.17) is 4.74 Å². The second kappa shape index (κ2) is 6.02. The normalized spacial score (nSPS) is 13.5. The minimum atomic E-state index is 0.713. The van der Waals surface area contributed by atoms with Gasteiger partial charge >= 0.3 is 0 Å². The first-order valence-electron chi connectivity index (χ1n) is 3.62. The summed E-state index contributed by atoms with van der Waals surface area (Å²) in [6, 6.07) is 0. The Kier molecular flexibility index (Phi) is 5.63. The highest BCUT2D eigenvalue weighted by atomic mass is 16.5. The quantitative estimate of drug-likeness (QED) is 0.560. The van der Waals surface area contributed by atoms with Crippen molar-refractivity contribution in [3.05, 3.63) is 37.5 Å². The van der Waals surface area contributed by atoms with E-state index in [0.29, 0.717) is 12.8 Å². The second-order valence-electron chi connectivity index (χ2n) is 2.37. The van der Waals surface area contributed by atoms with Gasteiger partial charge in [0.2, 0.25) is 0 Å². The Hall–Kier alpha value is -0.720. The van der Waals surface area contributed by atoms with Gasteiger partial charge in [0.1, 0.15) is 0 Å². The molecule has 0 rings (SSSR count). The monoisotopic (exact) mass is 150 g/mol. The zero-order chi connectivity index (χ0) is 8.69. The summed E-state index contributed by atoms with van der Waals surface area (Å²) in [6.07, 6.45) is 6.81. The van der Waals surface area contributed by atoms with E-state index in [0.717, 1.165) is 11.1 Å². The van der Waals surface area contributed by atoms with E-state index in [9.17, 15) is 0 Å². The van der Waals surface area contributed by atoms with E-state index in [-0.39, 0.29) is 0 Å². The van der Waals surface area contributed by atoms with Crippen molar-refractivity contribution >= 4 is 0 Å². The summed E-state index contributed by atoms with van der Waals surface area (Å²) >= 11 is 0. The predicted molar refractivity (Wildman–Crippen MR) is 45.9 cm³/mol. The topological polar surface area (TPSA) is 9.23 Å². The molecule has 0 unspecified atom stereocenters. The van der Waals surface area contributed by atoms with Crippen molar-refractivity contribution in [3.63, 3.8) is 0 Å². The van der Waals surface area contributed by atoms with E-state index >= 15 is 0 Å². The van der Waals surface area contributed by atoms with Crippen LogP contribution < -0.4 is 0 Å². The average molecular weight is 150 g/mol. The first-order chi connectivity index (χ1) is 5.20. The number of hydrogen-bond donors (Lipinski definition) is 0. The molecule has 0 N–H and O–H groups in total. The van der Waals surface area contributed by atoms with Crippen molar-refractivity contribution in [2.75, 3.05) is 0 Å². The average Bonchev–Trinajstić information content (AvgIpc) is 2.04.